The number of fused-ring (bicyclic) bond motifs is 1. The van der Waals surface area contributed by atoms with Gasteiger partial charge in [0.25, 0.3) is 0 Å². The third-order valence-corrected chi connectivity index (χ3v) is 8.62. The number of benzene rings is 2. The number of nitrogens with one attached hydrogen (secondary N) is 3. The van der Waals surface area contributed by atoms with Crippen LogP contribution in [-0.4, -0.2) is 38.3 Å². The number of carbonyl (C=O) groups excluding carboxylic acids is 1. The molecule has 5 aromatic rings. The minimum Gasteiger partial charge on any atom is -0.381 e. The van der Waals surface area contributed by atoms with Crippen LogP contribution in [0.5, 0.6) is 0 Å². The maximum Gasteiger partial charge on any atom is 0.250 e. The lowest BCUT2D eigenvalue weighted by atomic mass is 9.94. The number of pyridine rings is 1. The molecule has 0 saturated heterocycles. The number of anilines is 2. The molecule has 0 spiro atoms. The number of nitrogens with zero attached hydrogens (tertiary/aromatic N) is 3. The molecule has 2 atom stereocenters. The fourth-order valence-electron chi connectivity index (χ4n) is 5.23. The topological polar surface area (TPSA) is 118 Å². The van der Waals surface area contributed by atoms with Crippen molar-refractivity contribution in [2.24, 2.45) is 0 Å². The molecule has 3 heterocycles. The van der Waals surface area contributed by atoms with Crippen molar-refractivity contribution < 1.29 is 4.79 Å². The van der Waals surface area contributed by atoms with Crippen LogP contribution in [0, 0.1) is 6.92 Å². The molecule has 2 aromatic heterocycles. The van der Waals surface area contributed by atoms with E-state index in [1.165, 1.54) is 11.8 Å². The highest BCUT2D eigenvalue weighted by Gasteiger charge is 2.30. The van der Waals surface area contributed by atoms with E-state index in [9.17, 15) is 14.4 Å². The van der Waals surface area contributed by atoms with Gasteiger partial charge < -0.3 is 20.5 Å². The lowest BCUT2D eigenvalue weighted by Gasteiger charge is -2.21. The number of para-hydroxylation sites is 1. The molecule has 2 unspecified atom stereocenters. The van der Waals surface area contributed by atoms with Crippen molar-refractivity contribution in [2.75, 3.05) is 17.2 Å². The van der Waals surface area contributed by atoms with E-state index in [0.29, 0.717) is 35.6 Å². The molecule has 212 valence electrons. The van der Waals surface area contributed by atoms with Gasteiger partial charge in [-0.25, -0.2) is 4.98 Å². The van der Waals surface area contributed by atoms with Crippen LogP contribution in [0.1, 0.15) is 17.5 Å². The first-order valence-electron chi connectivity index (χ1n) is 13.8. The van der Waals surface area contributed by atoms with Crippen LogP contribution in [0.15, 0.2) is 94.5 Å². The first-order chi connectivity index (χ1) is 20.5. The van der Waals surface area contributed by atoms with Crippen LogP contribution < -0.4 is 26.8 Å². The Morgan fingerprint density at radius 1 is 1.07 bits per heavy atom. The van der Waals surface area contributed by atoms with Gasteiger partial charge in [0.05, 0.1) is 23.1 Å². The van der Waals surface area contributed by atoms with Crippen LogP contribution >= 0.6 is 11.8 Å². The SMILES string of the molecule is Cc1ccc(NC(=O)C2SC=CC2NCc2ccnc3ccccc23)cc1-c1c(NCCCn2ccnc2)c(=O)c1=O. The average Bonchev–Trinajstić information content (AvgIpc) is 3.71. The minimum absolute atomic E-state index is 0.139. The summed E-state index contributed by atoms with van der Waals surface area (Å²) < 4.78 is 1.96. The summed E-state index contributed by atoms with van der Waals surface area (Å²) in [7, 11) is 0. The van der Waals surface area contributed by atoms with Crippen molar-refractivity contribution >= 4 is 39.9 Å². The van der Waals surface area contributed by atoms with Gasteiger partial charge in [-0.05, 0) is 59.7 Å². The van der Waals surface area contributed by atoms with Gasteiger partial charge in [-0.1, -0.05) is 30.3 Å². The maximum atomic E-state index is 13.4. The van der Waals surface area contributed by atoms with Crippen LogP contribution in [0.25, 0.3) is 22.0 Å². The normalized spacial score (nSPS) is 16.3. The largest absolute Gasteiger partial charge is 0.381 e. The molecule has 10 heteroatoms. The summed E-state index contributed by atoms with van der Waals surface area (Å²) in [6.45, 7) is 3.78. The van der Waals surface area contributed by atoms with Crippen molar-refractivity contribution in [3.63, 3.8) is 0 Å². The average molecular weight is 579 g/mol. The number of hydrogen-bond acceptors (Lipinski definition) is 8. The molecule has 0 radical (unpaired) electrons. The highest BCUT2D eigenvalue weighted by Crippen LogP contribution is 2.31. The Morgan fingerprint density at radius 3 is 2.81 bits per heavy atom. The second-order valence-electron chi connectivity index (χ2n) is 10.3. The summed E-state index contributed by atoms with van der Waals surface area (Å²) in [5.41, 5.74) is 3.81. The van der Waals surface area contributed by atoms with Gasteiger partial charge in [-0.15, -0.1) is 11.8 Å². The predicted octanol–water partition coefficient (Wildman–Crippen LogP) is 4.23. The van der Waals surface area contributed by atoms with Gasteiger partial charge in [0.2, 0.25) is 16.8 Å². The van der Waals surface area contributed by atoms with Gasteiger partial charge >= 0.3 is 0 Å². The standard InChI is InChI=1S/C32H30N6O3S/c1-20-7-8-22(17-24(20)27-28(30(40)29(27)39)35-11-4-14-38-15-13-33-19-38)37-32(41)31-26(10-16-42-31)36-18-21-9-12-34-25-6-3-2-5-23(21)25/h2-3,5-10,12-13,15-17,19,26,31,35-36H,4,11,14,18H2,1H3,(H,37,41). The summed E-state index contributed by atoms with van der Waals surface area (Å²) in [4.78, 5) is 46.9. The quantitative estimate of drug-likeness (QED) is 0.157. The Hall–Kier alpha value is -4.54. The van der Waals surface area contributed by atoms with E-state index < -0.39 is 10.9 Å². The lowest BCUT2D eigenvalue weighted by Crippen LogP contribution is -2.41. The molecule has 0 saturated carbocycles. The van der Waals surface area contributed by atoms with Gasteiger partial charge in [0.15, 0.2) is 0 Å². The third kappa shape index (κ3) is 5.63. The van der Waals surface area contributed by atoms with E-state index in [-0.39, 0.29) is 17.2 Å². The summed E-state index contributed by atoms with van der Waals surface area (Å²) in [5.74, 6) is -0.139. The fourth-order valence-corrected chi connectivity index (χ4v) is 6.20. The first kappa shape index (κ1) is 27.6. The molecule has 0 bridgehead atoms. The monoisotopic (exact) mass is 578 g/mol. The number of aromatic nitrogens is 3. The van der Waals surface area contributed by atoms with Gasteiger partial charge in [-0.3, -0.25) is 19.4 Å². The molecule has 3 N–H and O–H groups in total. The number of imidazole rings is 1. The Balaban J connectivity index is 1.12. The van der Waals surface area contributed by atoms with E-state index in [0.717, 1.165) is 35.0 Å². The maximum absolute atomic E-state index is 13.4. The zero-order valence-electron chi connectivity index (χ0n) is 23.0. The number of amides is 1. The molecule has 42 heavy (non-hydrogen) atoms. The molecule has 1 aliphatic rings. The number of hydrogen-bond donors (Lipinski definition) is 3. The van der Waals surface area contributed by atoms with Crippen LogP contribution in [0.2, 0.25) is 0 Å². The molecule has 1 amide bonds. The number of carbonyl (C=O) groups is 1. The minimum atomic E-state index is -0.512. The molecule has 9 nitrogen and oxygen atoms in total. The second-order valence-corrected chi connectivity index (χ2v) is 11.3. The number of rotatable bonds is 11. The Morgan fingerprint density at radius 2 is 1.95 bits per heavy atom. The van der Waals surface area contributed by atoms with E-state index >= 15 is 0 Å². The molecule has 0 aliphatic carbocycles. The Kier molecular flexibility index (Phi) is 7.98. The first-order valence-corrected chi connectivity index (χ1v) is 14.8. The van der Waals surface area contributed by atoms with Crippen molar-refractivity contribution in [3.8, 4) is 11.1 Å². The highest BCUT2D eigenvalue weighted by molar-refractivity contribution is 8.03. The van der Waals surface area contributed by atoms with Gasteiger partial charge in [0, 0.05) is 55.3 Å². The summed E-state index contributed by atoms with van der Waals surface area (Å²) >= 11 is 1.47. The summed E-state index contributed by atoms with van der Waals surface area (Å²) in [6, 6.07) is 15.3. The van der Waals surface area contributed by atoms with Crippen molar-refractivity contribution in [1.29, 1.82) is 0 Å². The van der Waals surface area contributed by atoms with Gasteiger partial charge in [-0.2, -0.15) is 0 Å². The fraction of sp³-hybridized carbons (Fsp3) is 0.219. The van der Waals surface area contributed by atoms with Crippen LogP contribution in [-0.2, 0) is 17.9 Å². The van der Waals surface area contributed by atoms with E-state index in [4.69, 9.17) is 0 Å². The molecule has 1 aliphatic heterocycles. The molecule has 6 rings (SSSR count). The zero-order valence-corrected chi connectivity index (χ0v) is 23.9. The van der Waals surface area contributed by atoms with E-state index in [2.05, 4.69) is 32.0 Å². The van der Waals surface area contributed by atoms with Crippen molar-refractivity contribution in [2.45, 2.75) is 37.7 Å². The van der Waals surface area contributed by atoms with Crippen LogP contribution in [0.3, 0.4) is 0 Å². The highest BCUT2D eigenvalue weighted by atomic mass is 32.2. The third-order valence-electron chi connectivity index (χ3n) is 7.50. The summed E-state index contributed by atoms with van der Waals surface area (Å²) in [6.07, 6.45) is 9.92. The molecule has 3 aromatic carbocycles. The van der Waals surface area contributed by atoms with Crippen LogP contribution in [0.4, 0.5) is 11.4 Å². The predicted molar refractivity (Wildman–Crippen MR) is 168 cm³/mol. The smallest absolute Gasteiger partial charge is 0.250 e. The Labute approximate surface area is 246 Å². The number of thioether (sulfide) groups is 1. The van der Waals surface area contributed by atoms with E-state index in [1.54, 1.807) is 24.8 Å². The van der Waals surface area contributed by atoms with Gasteiger partial charge in [0.1, 0.15) is 5.25 Å². The second kappa shape index (κ2) is 12.1. The zero-order chi connectivity index (χ0) is 29.1. The van der Waals surface area contributed by atoms with Crippen molar-refractivity contribution in [1.82, 2.24) is 19.9 Å². The summed E-state index contributed by atoms with van der Waals surface area (Å²) in [5, 5.41) is 12.4. The molecule has 0 fully saturated rings. The Bertz CT molecular complexity index is 1840. The number of aryl methyl sites for hydroxylation is 2. The molecular formula is C32H30N6O3S. The van der Waals surface area contributed by atoms with E-state index in [1.807, 2.05) is 65.6 Å². The molecular weight excluding hydrogens is 548 g/mol. The lowest BCUT2D eigenvalue weighted by molar-refractivity contribution is -0.115. The van der Waals surface area contributed by atoms with Crippen molar-refractivity contribution in [3.05, 3.63) is 117 Å².